The van der Waals surface area contributed by atoms with Gasteiger partial charge in [0, 0.05) is 36.6 Å². The fourth-order valence-corrected chi connectivity index (χ4v) is 3.26. The minimum absolute atomic E-state index is 0.0186. The Morgan fingerprint density at radius 3 is 2.43 bits per heavy atom. The van der Waals surface area contributed by atoms with E-state index >= 15 is 0 Å². The third-order valence-corrected chi connectivity index (χ3v) is 4.27. The van der Waals surface area contributed by atoms with E-state index in [1.165, 1.54) is 0 Å². The molecule has 0 amide bonds. The molecular weight excluding hydrogens is 300 g/mol. The topological polar surface area (TPSA) is 92.0 Å². The van der Waals surface area contributed by atoms with Crippen molar-refractivity contribution in [3.63, 3.8) is 0 Å². The molecular formula is C16H18N2O5. The predicted molar refractivity (Wildman–Crippen MR) is 82.6 cm³/mol. The summed E-state index contributed by atoms with van der Waals surface area (Å²) in [5.74, 6) is -2.18. The van der Waals surface area contributed by atoms with Crippen molar-refractivity contribution in [1.29, 1.82) is 0 Å². The quantitative estimate of drug-likeness (QED) is 0.884. The largest absolute Gasteiger partial charge is 0.480 e. The number of fused-ring (bicyclic) bond motifs is 1. The normalized spacial score (nSPS) is 17.3. The molecule has 1 saturated heterocycles. The summed E-state index contributed by atoms with van der Waals surface area (Å²) in [5.41, 5.74) is 1.06. The van der Waals surface area contributed by atoms with E-state index in [1.54, 1.807) is 34.7 Å². The molecule has 0 radical (unpaired) electrons. The number of aryl methyl sites for hydroxylation is 1. The number of carboxylic acids is 2. The number of hydrogen-bond acceptors (Lipinski definition) is 4. The second kappa shape index (κ2) is 6.02. The minimum atomic E-state index is -1.13. The second-order valence-corrected chi connectivity index (χ2v) is 5.53. The molecule has 1 aromatic carbocycles. The molecule has 7 heteroatoms. The zero-order chi connectivity index (χ0) is 16.6. The van der Waals surface area contributed by atoms with Crippen molar-refractivity contribution in [2.24, 2.45) is 7.05 Å². The van der Waals surface area contributed by atoms with Crippen LogP contribution in [0.25, 0.3) is 10.9 Å². The molecule has 1 aromatic heterocycles. The van der Waals surface area contributed by atoms with Crippen LogP contribution in [0.3, 0.4) is 0 Å². The Bertz CT molecular complexity index is 761. The van der Waals surface area contributed by atoms with E-state index in [0.29, 0.717) is 42.8 Å². The number of aliphatic carboxylic acids is 1. The van der Waals surface area contributed by atoms with Crippen molar-refractivity contribution in [2.45, 2.75) is 6.04 Å². The number of benzene rings is 1. The predicted octanol–water partition coefficient (Wildman–Crippen LogP) is 1.33. The number of rotatable bonds is 4. The number of morpholine rings is 1. The van der Waals surface area contributed by atoms with E-state index in [-0.39, 0.29) is 5.69 Å². The molecule has 2 aromatic rings. The van der Waals surface area contributed by atoms with Crippen LogP contribution >= 0.6 is 0 Å². The molecule has 23 heavy (non-hydrogen) atoms. The average Bonchev–Trinajstić information content (AvgIpc) is 2.82. The van der Waals surface area contributed by atoms with E-state index in [0.717, 1.165) is 0 Å². The van der Waals surface area contributed by atoms with E-state index in [1.807, 2.05) is 6.07 Å². The van der Waals surface area contributed by atoms with Crippen LogP contribution in [0.5, 0.6) is 0 Å². The SMILES string of the molecule is Cn1c(C(=O)O)c([C@H](C(=O)O)N2CCOCC2)c2ccccc21. The maximum Gasteiger partial charge on any atom is 0.352 e. The molecule has 7 nitrogen and oxygen atoms in total. The summed E-state index contributed by atoms with van der Waals surface area (Å²) in [6.07, 6.45) is 0. The average molecular weight is 318 g/mol. The van der Waals surface area contributed by atoms with Gasteiger partial charge in [0.1, 0.15) is 11.7 Å². The highest BCUT2D eigenvalue weighted by Crippen LogP contribution is 2.34. The second-order valence-electron chi connectivity index (χ2n) is 5.53. The highest BCUT2D eigenvalue weighted by Gasteiger charge is 2.35. The third kappa shape index (κ3) is 2.58. The number of carbonyl (C=O) groups is 2. The molecule has 1 atom stereocenters. The lowest BCUT2D eigenvalue weighted by molar-refractivity contribution is -0.145. The molecule has 2 heterocycles. The van der Waals surface area contributed by atoms with E-state index in [4.69, 9.17) is 4.74 Å². The van der Waals surface area contributed by atoms with Gasteiger partial charge in [-0.2, -0.15) is 0 Å². The van der Waals surface area contributed by atoms with Crippen LogP contribution in [0.1, 0.15) is 22.1 Å². The van der Waals surface area contributed by atoms with Crippen LogP contribution < -0.4 is 0 Å². The molecule has 3 rings (SSSR count). The Labute approximate surface area is 132 Å². The van der Waals surface area contributed by atoms with Crippen molar-refractivity contribution in [1.82, 2.24) is 9.47 Å². The van der Waals surface area contributed by atoms with Gasteiger partial charge in [0.05, 0.1) is 13.2 Å². The van der Waals surface area contributed by atoms with E-state index < -0.39 is 18.0 Å². The van der Waals surface area contributed by atoms with Crippen molar-refractivity contribution in [3.05, 3.63) is 35.5 Å². The third-order valence-electron chi connectivity index (χ3n) is 4.27. The first-order valence-electron chi connectivity index (χ1n) is 7.37. The fourth-order valence-electron chi connectivity index (χ4n) is 3.26. The van der Waals surface area contributed by atoms with E-state index in [9.17, 15) is 19.8 Å². The Morgan fingerprint density at radius 1 is 1.17 bits per heavy atom. The summed E-state index contributed by atoms with van der Waals surface area (Å²) in [4.78, 5) is 25.5. The van der Waals surface area contributed by atoms with Gasteiger partial charge in [0.15, 0.2) is 0 Å². The van der Waals surface area contributed by atoms with Crippen LogP contribution in [0.15, 0.2) is 24.3 Å². The number of nitrogens with zero attached hydrogens (tertiary/aromatic N) is 2. The van der Waals surface area contributed by atoms with Gasteiger partial charge in [0.25, 0.3) is 0 Å². The highest BCUT2D eigenvalue weighted by atomic mass is 16.5. The van der Waals surface area contributed by atoms with Crippen molar-refractivity contribution < 1.29 is 24.5 Å². The number of carboxylic acid groups (broad SMARTS) is 2. The zero-order valence-electron chi connectivity index (χ0n) is 12.7. The van der Waals surface area contributed by atoms with Crippen LogP contribution in [0.4, 0.5) is 0 Å². The first-order chi connectivity index (χ1) is 11.0. The molecule has 0 unspecified atom stereocenters. The Morgan fingerprint density at radius 2 is 1.83 bits per heavy atom. The number of para-hydroxylation sites is 1. The number of hydrogen-bond donors (Lipinski definition) is 2. The smallest absolute Gasteiger partial charge is 0.352 e. The lowest BCUT2D eigenvalue weighted by atomic mass is 10.0. The first-order valence-corrected chi connectivity index (χ1v) is 7.37. The van der Waals surface area contributed by atoms with Gasteiger partial charge in [-0.15, -0.1) is 0 Å². The summed E-state index contributed by atoms with van der Waals surface area (Å²) >= 11 is 0. The van der Waals surface area contributed by atoms with Gasteiger partial charge in [0.2, 0.25) is 0 Å². The molecule has 1 fully saturated rings. The molecule has 0 spiro atoms. The molecule has 1 aliphatic rings. The molecule has 0 bridgehead atoms. The lowest BCUT2D eigenvalue weighted by Gasteiger charge is -2.32. The number of aromatic carboxylic acids is 1. The standard InChI is InChI=1S/C16H18N2O5/c1-17-11-5-3-2-4-10(11)12(13(17)15(19)20)14(16(21)22)18-6-8-23-9-7-18/h2-5,14H,6-9H2,1H3,(H,19,20)(H,21,22)/t14-/m1/s1. The van der Waals surface area contributed by atoms with Crippen LogP contribution in [0, 0.1) is 0 Å². The van der Waals surface area contributed by atoms with Crippen molar-refractivity contribution in [3.8, 4) is 0 Å². The van der Waals surface area contributed by atoms with Crippen molar-refractivity contribution in [2.75, 3.05) is 26.3 Å². The minimum Gasteiger partial charge on any atom is -0.480 e. The molecule has 0 saturated carbocycles. The molecule has 0 aliphatic carbocycles. The lowest BCUT2D eigenvalue weighted by Crippen LogP contribution is -2.42. The maximum absolute atomic E-state index is 11.9. The first kappa shape index (κ1) is 15.5. The molecule has 2 N–H and O–H groups in total. The van der Waals surface area contributed by atoms with E-state index in [2.05, 4.69) is 0 Å². The fraction of sp³-hybridized carbons (Fsp3) is 0.375. The Balaban J connectivity index is 2.24. The monoisotopic (exact) mass is 318 g/mol. The maximum atomic E-state index is 11.9. The van der Waals surface area contributed by atoms with Gasteiger partial charge in [-0.05, 0) is 6.07 Å². The van der Waals surface area contributed by atoms with Crippen LogP contribution in [0.2, 0.25) is 0 Å². The van der Waals surface area contributed by atoms with Gasteiger partial charge in [-0.1, -0.05) is 18.2 Å². The van der Waals surface area contributed by atoms with Gasteiger partial charge in [-0.3, -0.25) is 9.69 Å². The van der Waals surface area contributed by atoms with Crippen molar-refractivity contribution >= 4 is 22.8 Å². The Hall–Kier alpha value is -2.38. The van der Waals surface area contributed by atoms with Crippen LogP contribution in [-0.4, -0.2) is 57.9 Å². The van der Waals surface area contributed by atoms with Gasteiger partial charge in [-0.25, -0.2) is 4.79 Å². The van der Waals surface area contributed by atoms with Crippen LogP contribution in [-0.2, 0) is 16.6 Å². The van der Waals surface area contributed by atoms with Gasteiger partial charge < -0.3 is 19.5 Å². The summed E-state index contributed by atoms with van der Waals surface area (Å²) in [6, 6.07) is 6.16. The number of ether oxygens (including phenoxy) is 1. The Kier molecular flexibility index (Phi) is 4.06. The summed E-state index contributed by atoms with van der Waals surface area (Å²) in [6.45, 7) is 1.80. The summed E-state index contributed by atoms with van der Waals surface area (Å²) < 4.78 is 6.82. The highest BCUT2D eigenvalue weighted by molar-refractivity contribution is 6.01. The number of aromatic nitrogens is 1. The zero-order valence-corrected chi connectivity index (χ0v) is 12.7. The van der Waals surface area contributed by atoms with Gasteiger partial charge >= 0.3 is 11.9 Å². The summed E-state index contributed by atoms with van der Waals surface area (Å²) in [7, 11) is 1.65. The summed E-state index contributed by atoms with van der Waals surface area (Å²) in [5, 5.41) is 20.0. The molecule has 1 aliphatic heterocycles. The molecule has 122 valence electrons.